The van der Waals surface area contributed by atoms with Crippen molar-refractivity contribution < 1.29 is 9.53 Å². The van der Waals surface area contributed by atoms with Crippen LogP contribution in [0.25, 0.3) is 16.0 Å². The van der Waals surface area contributed by atoms with Crippen molar-refractivity contribution in [1.29, 1.82) is 0 Å². The summed E-state index contributed by atoms with van der Waals surface area (Å²) < 4.78 is 10.1. The van der Waals surface area contributed by atoms with Crippen LogP contribution in [0.1, 0.15) is 25.8 Å². The van der Waals surface area contributed by atoms with E-state index in [0.29, 0.717) is 29.1 Å². The van der Waals surface area contributed by atoms with Crippen molar-refractivity contribution in [1.82, 2.24) is 24.1 Å². The van der Waals surface area contributed by atoms with Crippen LogP contribution in [0.4, 0.5) is 0 Å². The predicted molar refractivity (Wildman–Crippen MR) is 119 cm³/mol. The summed E-state index contributed by atoms with van der Waals surface area (Å²) in [6.45, 7) is 4.83. The summed E-state index contributed by atoms with van der Waals surface area (Å²) in [5.74, 6) is 0.557. The number of nitrogens with one attached hydrogen (secondary N) is 1. The Morgan fingerprint density at radius 3 is 2.77 bits per heavy atom. The minimum Gasteiger partial charge on any atom is -0.494 e. The monoisotopic (exact) mass is 441 g/mol. The van der Waals surface area contributed by atoms with E-state index in [4.69, 9.17) is 4.74 Å². The van der Waals surface area contributed by atoms with Crippen LogP contribution >= 0.6 is 11.3 Å². The van der Waals surface area contributed by atoms with Gasteiger partial charge in [0.2, 0.25) is 11.7 Å². The Morgan fingerprint density at radius 2 is 2.00 bits per heavy atom. The summed E-state index contributed by atoms with van der Waals surface area (Å²) in [7, 11) is 0. The van der Waals surface area contributed by atoms with Crippen LogP contribution in [0.5, 0.6) is 5.75 Å². The topological polar surface area (TPSA) is 99.6 Å². The van der Waals surface area contributed by atoms with Crippen LogP contribution in [0, 0.1) is 0 Å². The van der Waals surface area contributed by atoms with Gasteiger partial charge in [-0.2, -0.15) is 0 Å². The fourth-order valence-corrected chi connectivity index (χ4v) is 4.26. The number of fused-ring (bicyclic) bond motifs is 3. The Hall–Kier alpha value is -3.40. The molecule has 0 spiro atoms. The highest BCUT2D eigenvalue weighted by Crippen LogP contribution is 2.21. The average Bonchev–Trinajstić information content (AvgIpc) is 3.36. The molecule has 0 aliphatic heterocycles. The second-order valence-electron chi connectivity index (χ2n) is 6.99. The van der Waals surface area contributed by atoms with Crippen LogP contribution in [0.3, 0.4) is 0 Å². The van der Waals surface area contributed by atoms with Gasteiger partial charge in [-0.3, -0.25) is 14.2 Å². The summed E-state index contributed by atoms with van der Waals surface area (Å²) in [5.41, 5.74) is 0.588. The second kappa shape index (κ2) is 8.76. The molecule has 3 heterocycles. The molecular formula is C21H23N5O4S. The van der Waals surface area contributed by atoms with Crippen molar-refractivity contribution in [2.75, 3.05) is 13.2 Å². The van der Waals surface area contributed by atoms with Gasteiger partial charge in [0, 0.05) is 12.1 Å². The summed E-state index contributed by atoms with van der Waals surface area (Å²) in [5, 5.41) is 8.86. The van der Waals surface area contributed by atoms with Gasteiger partial charge in [-0.15, -0.1) is 16.4 Å². The lowest BCUT2D eigenvalue weighted by Crippen LogP contribution is -2.33. The lowest BCUT2D eigenvalue weighted by molar-refractivity contribution is -0.121. The quantitative estimate of drug-likeness (QED) is 0.450. The van der Waals surface area contributed by atoms with Gasteiger partial charge in [0.25, 0.3) is 5.56 Å². The molecule has 9 nitrogen and oxygen atoms in total. The molecule has 1 amide bonds. The first-order valence-electron chi connectivity index (χ1n) is 10.1. The van der Waals surface area contributed by atoms with E-state index >= 15 is 0 Å². The van der Waals surface area contributed by atoms with Crippen LogP contribution in [-0.2, 0) is 17.9 Å². The third-order valence-corrected chi connectivity index (χ3v) is 5.75. The van der Waals surface area contributed by atoms with E-state index in [1.807, 2.05) is 38.1 Å². The van der Waals surface area contributed by atoms with Gasteiger partial charge >= 0.3 is 5.69 Å². The van der Waals surface area contributed by atoms with Crippen LogP contribution in [0.2, 0.25) is 0 Å². The summed E-state index contributed by atoms with van der Waals surface area (Å²) in [6.07, 6.45) is 0.792. The van der Waals surface area contributed by atoms with Gasteiger partial charge < -0.3 is 10.1 Å². The van der Waals surface area contributed by atoms with Crippen molar-refractivity contribution in [3.05, 3.63) is 62.1 Å². The molecule has 3 aromatic heterocycles. The Morgan fingerprint density at radius 1 is 1.19 bits per heavy atom. The molecule has 0 saturated carbocycles. The summed E-state index contributed by atoms with van der Waals surface area (Å²) in [6, 6.07) is 9.17. The normalized spacial score (nSPS) is 11.3. The zero-order valence-corrected chi connectivity index (χ0v) is 18.1. The van der Waals surface area contributed by atoms with Crippen molar-refractivity contribution in [3.63, 3.8) is 0 Å². The standard InChI is InChI=1S/C21H23N5O4S/c1-3-10-22-17(27)13-25-21(29)26-15-9-11-31-18(15)19(28)24(20(26)23-25)12-14-7-5-6-8-16(14)30-4-2/h5-9,11H,3-4,10,12-13H2,1-2H3,(H,22,27). The first kappa shape index (κ1) is 20.9. The van der Waals surface area contributed by atoms with Gasteiger partial charge in [-0.1, -0.05) is 25.1 Å². The van der Waals surface area contributed by atoms with E-state index in [9.17, 15) is 14.4 Å². The largest absolute Gasteiger partial charge is 0.494 e. The fourth-order valence-electron chi connectivity index (χ4n) is 3.44. The van der Waals surface area contributed by atoms with Crippen molar-refractivity contribution in [2.45, 2.75) is 33.4 Å². The summed E-state index contributed by atoms with van der Waals surface area (Å²) in [4.78, 5) is 38.5. The molecule has 31 heavy (non-hydrogen) atoms. The molecule has 162 valence electrons. The SMILES string of the molecule is CCCNC(=O)Cn1nc2n(Cc3ccccc3OCC)c(=O)c3sccc3n2c1=O. The third-order valence-electron chi connectivity index (χ3n) is 4.85. The minimum atomic E-state index is -0.461. The van der Waals surface area contributed by atoms with E-state index < -0.39 is 5.69 Å². The Balaban J connectivity index is 1.88. The van der Waals surface area contributed by atoms with Crippen molar-refractivity contribution in [3.8, 4) is 5.75 Å². The molecule has 0 radical (unpaired) electrons. The number of para-hydroxylation sites is 1. The zero-order valence-electron chi connectivity index (χ0n) is 17.3. The van der Waals surface area contributed by atoms with Gasteiger partial charge in [0.15, 0.2) is 0 Å². The lowest BCUT2D eigenvalue weighted by atomic mass is 10.2. The molecule has 4 aromatic rings. The third kappa shape index (κ3) is 3.86. The van der Waals surface area contributed by atoms with E-state index in [1.165, 1.54) is 20.3 Å². The van der Waals surface area contributed by atoms with Crippen molar-refractivity contribution in [2.24, 2.45) is 0 Å². The molecule has 0 atom stereocenters. The van der Waals surface area contributed by atoms with Crippen molar-refractivity contribution >= 4 is 33.2 Å². The van der Waals surface area contributed by atoms with Gasteiger partial charge in [0.1, 0.15) is 17.0 Å². The molecule has 0 fully saturated rings. The highest BCUT2D eigenvalue weighted by Gasteiger charge is 2.20. The Kier molecular flexibility index (Phi) is 5.90. The molecule has 0 saturated heterocycles. The number of rotatable bonds is 8. The van der Waals surface area contributed by atoms with E-state index in [-0.39, 0.29) is 30.3 Å². The molecule has 0 bridgehead atoms. The molecule has 1 N–H and O–H groups in total. The maximum atomic E-state index is 13.2. The smallest absolute Gasteiger partial charge is 0.352 e. The second-order valence-corrected chi connectivity index (χ2v) is 7.91. The number of amides is 1. The molecule has 0 unspecified atom stereocenters. The number of thiophene rings is 1. The highest BCUT2D eigenvalue weighted by atomic mass is 32.1. The van der Waals surface area contributed by atoms with E-state index in [2.05, 4.69) is 10.4 Å². The molecular weight excluding hydrogens is 418 g/mol. The number of hydrogen-bond acceptors (Lipinski definition) is 6. The number of aromatic nitrogens is 4. The van der Waals surface area contributed by atoms with E-state index in [0.717, 1.165) is 16.7 Å². The lowest BCUT2D eigenvalue weighted by Gasteiger charge is -2.12. The first-order chi connectivity index (χ1) is 15.0. The highest BCUT2D eigenvalue weighted by molar-refractivity contribution is 7.17. The summed E-state index contributed by atoms with van der Waals surface area (Å²) >= 11 is 1.27. The number of benzene rings is 1. The molecule has 4 rings (SSSR count). The maximum Gasteiger partial charge on any atom is 0.352 e. The molecule has 0 aliphatic carbocycles. The fraction of sp³-hybridized carbons (Fsp3) is 0.333. The minimum absolute atomic E-state index is 0.185. The van der Waals surface area contributed by atoms with Gasteiger partial charge in [-0.25, -0.2) is 13.9 Å². The van der Waals surface area contributed by atoms with Gasteiger partial charge in [0.05, 0.1) is 18.7 Å². The van der Waals surface area contributed by atoms with Gasteiger partial charge in [-0.05, 0) is 30.9 Å². The van der Waals surface area contributed by atoms with E-state index in [1.54, 1.807) is 11.4 Å². The predicted octanol–water partition coefficient (Wildman–Crippen LogP) is 1.85. The Bertz CT molecular complexity index is 1360. The number of nitrogens with zero attached hydrogens (tertiary/aromatic N) is 4. The first-order valence-corrected chi connectivity index (χ1v) is 11.0. The molecule has 0 aliphatic rings. The number of carbonyl (C=O) groups is 1. The zero-order chi connectivity index (χ0) is 22.0. The number of hydrogen-bond donors (Lipinski definition) is 1. The maximum absolute atomic E-state index is 13.2. The Labute approximate surface area is 181 Å². The average molecular weight is 442 g/mol. The van der Waals surface area contributed by atoms with Crippen LogP contribution in [-0.4, -0.2) is 37.8 Å². The van der Waals surface area contributed by atoms with Crippen LogP contribution < -0.4 is 21.3 Å². The number of carbonyl (C=O) groups excluding carboxylic acids is 1. The number of ether oxygens (including phenoxy) is 1. The van der Waals surface area contributed by atoms with Crippen LogP contribution in [0.15, 0.2) is 45.3 Å². The molecule has 10 heteroatoms. The molecule has 1 aromatic carbocycles.